The quantitative estimate of drug-likeness (QED) is 0.856. The van der Waals surface area contributed by atoms with Crippen molar-refractivity contribution in [1.29, 1.82) is 0 Å². The molecule has 1 fully saturated rings. The number of ether oxygens (including phenoxy) is 1. The smallest absolute Gasteiger partial charge is 0.165 e. The highest BCUT2D eigenvalue weighted by Crippen LogP contribution is 2.15. The number of hydrogen-bond donors (Lipinski definition) is 1. The lowest BCUT2D eigenvalue weighted by atomic mass is 10.2. The van der Waals surface area contributed by atoms with Gasteiger partial charge in [-0.25, -0.2) is 4.39 Å². The minimum absolute atomic E-state index is 0.309. The molecule has 0 saturated carbocycles. The molecule has 1 saturated heterocycles. The van der Waals surface area contributed by atoms with E-state index in [1.54, 1.807) is 18.2 Å². The molecule has 2 rings (SSSR count). The molecule has 0 aliphatic carbocycles. The molecule has 0 radical (unpaired) electrons. The maximum atomic E-state index is 13.4. The predicted molar refractivity (Wildman–Crippen MR) is 73.8 cm³/mol. The highest BCUT2D eigenvalue weighted by atomic mass is 19.1. The number of nitrogens with zero attached hydrogens (tertiary/aromatic N) is 2. The predicted octanol–water partition coefficient (Wildman–Crippen LogP) is 0.779. The summed E-state index contributed by atoms with van der Waals surface area (Å²) in [5.74, 6) is 0.0113. The van der Waals surface area contributed by atoms with Gasteiger partial charge in [-0.15, -0.1) is 0 Å². The second kappa shape index (κ2) is 6.84. The van der Waals surface area contributed by atoms with Gasteiger partial charge in [-0.3, -0.25) is 4.90 Å². The van der Waals surface area contributed by atoms with Crippen molar-refractivity contribution < 1.29 is 9.13 Å². The van der Waals surface area contributed by atoms with Crippen molar-refractivity contribution in [1.82, 2.24) is 9.80 Å². The van der Waals surface area contributed by atoms with Gasteiger partial charge in [0.15, 0.2) is 11.6 Å². The maximum absolute atomic E-state index is 13.4. The molecule has 4 nitrogen and oxygen atoms in total. The summed E-state index contributed by atoms with van der Waals surface area (Å²) in [6.07, 6.45) is 0. The van der Waals surface area contributed by atoms with Crippen LogP contribution in [0, 0.1) is 5.82 Å². The largest absolute Gasteiger partial charge is 0.489 e. The van der Waals surface area contributed by atoms with Crippen LogP contribution in [0.5, 0.6) is 5.75 Å². The van der Waals surface area contributed by atoms with Crippen LogP contribution in [-0.4, -0.2) is 62.2 Å². The van der Waals surface area contributed by atoms with Crippen LogP contribution < -0.4 is 10.5 Å². The van der Waals surface area contributed by atoms with Gasteiger partial charge in [-0.2, -0.15) is 0 Å². The molecule has 0 aromatic heterocycles. The van der Waals surface area contributed by atoms with E-state index in [9.17, 15) is 4.39 Å². The van der Waals surface area contributed by atoms with Gasteiger partial charge in [0.05, 0.1) is 0 Å². The Bertz CT molecular complexity index is 402. The lowest BCUT2D eigenvalue weighted by Crippen LogP contribution is -2.55. The lowest BCUT2D eigenvalue weighted by molar-refractivity contribution is 0.0801. The molecule has 106 valence electrons. The van der Waals surface area contributed by atoms with Crippen LogP contribution in [0.3, 0.4) is 0 Å². The van der Waals surface area contributed by atoms with E-state index in [0.717, 1.165) is 26.2 Å². The monoisotopic (exact) mass is 267 g/mol. The fourth-order valence-electron chi connectivity index (χ4n) is 2.40. The number of benzene rings is 1. The fourth-order valence-corrected chi connectivity index (χ4v) is 2.40. The molecule has 0 amide bonds. The fraction of sp³-hybridized carbons (Fsp3) is 0.571. The van der Waals surface area contributed by atoms with Crippen molar-refractivity contribution >= 4 is 0 Å². The summed E-state index contributed by atoms with van der Waals surface area (Å²) in [5.41, 5.74) is 5.79. The molecular formula is C14H22FN3O. The number of likely N-dealkylation sites (N-methyl/N-ethyl adjacent to an activating group) is 1. The first-order valence-corrected chi connectivity index (χ1v) is 6.70. The third kappa shape index (κ3) is 3.89. The van der Waals surface area contributed by atoms with Crippen LogP contribution in [0.25, 0.3) is 0 Å². The van der Waals surface area contributed by atoms with E-state index in [-0.39, 0.29) is 5.82 Å². The number of piperazine rings is 1. The Labute approximate surface area is 113 Å². The van der Waals surface area contributed by atoms with Gasteiger partial charge >= 0.3 is 0 Å². The third-order valence-electron chi connectivity index (χ3n) is 3.55. The minimum atomic E-state index is -0.309. The van der Waals surface area contributed by atoms with Crippen molar-refractivity contribution in [3.05, 3.63) is 30.1 Å². The van der Waals surface area contributed by atoms with Crippen LogP contribution in [0.4, 0.5) is 4.39 Å². The average molecular weight is 267 g/mol. The molecule has 1 aromatic rings. The van der Waals surface area contributed by atoms with Crippen LogP contribution >= 0.6 is 0 Å². The van der Waals surface area contributed by atoms with Crippen LogP contribution in [-0.2, 0) is 0 Å². The lowest BCUT2D eigenvalue weighted by Gasteiger charge is -2.39. The van der Waals surface area contributed by atoms with Gasteiger partial charge in [0.25, 0.3) is 0 Å². The molecule has 1 atom stereocenters. The Hall–Kier alpha value is -1.17. The van der Waals surface area contributed by atoms with Gasteiger partial charge < -0.3 is 15.4 Å². The zero-order chi connectivity index (χ0) is 13.7. The molecule has 19 heavy (non-hydrogen) atoms. The van der Waals surface area contributed by atoms with E-state index in [1.165, 1.54) is 6.07 Å². The van der Waals surface area contributed by atoms with Crippen molar-refractivity contribution in [3.8, 4) is 5.75 Å². The number of rotatable bonds is 5. The third-order valence-corrected chi connectivity index (χ3v) is 3.55. The highest BCUT2D eigenvalue weighted by molar-refractivity contribution is 5.23. The summed E-state index contributed by atoms with van der Waals surface area (Å²) in [6, 6.07) is 6.86. The van der Waals surface area contributed by atoms with Crippen LogP contribution in [0.1, 0.15) is 0 Å². The van der Waals surface area contributed by atoms with Gasteiger partial charge in [-0.05, 0) is 19.2 Å². The number of para-hydroxylation sites is 1. The molecule has 5 heteroatoms. The number of halogens is 1. The normalized spacial score (nSPS) is 21.5. The maximum Gasteiger partial charge on any atom is 0.165 e. The zero-order valence-corrected chi connectivity index (χ0v) is 11.4. The van der Waals surface area contributed by atoms with Crippen molar-refractivity contribution in [3.63, 3.8) is 0 Å². The Balaban J connectivity index is 1.80. The SMILES string of the molecule is CN1CCN(CCOc2ccccc2F)C(CN)C1. The highest BCUT2D eigenvalue weighted by Gasteiger charge is 2.23. The van der Waals surface area contributed by atoms with E-state index in [0.29, 0.717) is 24.9 Å². The topological polar surface area (TPSA) is 41.7 Å². The Morgan fingerprint density at radius 2 is 2.16 bits per heavy atom. The first-order valence-electron chi connectivity index (χ1n) is 6.70. The second-order valence-electron chi connectivity index (χ2n) is 4.97. The Morgan fingerprint density at radius 1 is 1.37 bits per heavy atom. The molecule has 0 spiro atoms. The van der Waals surface area contributed by atoms with Crippen molar-refractivity contribution in [2.75, 3.05) is 46.4 Å². The van der Waals surface area contributed by atoms with Gasteiger partial charge in [0, 0.05) is 38.8 Å². The molecule has 0 bridgehead atoms. The molecule has 2 N–H and O–H groups in total. The average Bonchev–Trinajstić information content (AvgIpc) is 2.42. The summed E-state index contributed by atoms with van der Waals surface area (Å²) in [5, 5.41) is 0. The summed E-state index contributed by atoms with van der Waals surface area (Å²) in [7, 11) is 2.11. The first-order chi connectivity index (χ1) is 9.20. The van der Waals surface area contributed by atoms with E-state index < -0.39 is 0 Å². The Kier molecular flexibility index (Phi) is 5.13. The van der Waals surface area contributed by atoms with Gasteiger partial charge in [0.1, 0.15) is 6.61 Å². The van der Waals surface area contributed by atoms with Gasteiger partial charge in [0.2, 0.25) is 0 Å². The first kappa shape index (κ1) is 14.2. The minimum Gasteiger partial charge on any atom is -0.489 e. The van der Waals surface area contributed by atoms with Crippen molar-refractivity contribution in [2.24, 2.45) is 5.73 Å². The Morgan fingerprint density at radius 3 is 2.89 bits per heavy atom. The number of hydrogen-bond acceptors (Lipinski definition) is 4. The second-order valence-corrected chi connectivity index (χ2v) is 4.97. The molecule has 1 unspecified atom stereocenters. The zero-order valence-electron chi connectivity index (χ0n) is 11.4. The van der Waals surface area contributed by atoms with E-state index >= 15 is 0 Å². The van der Waals surface area contributed by atoms with E-state index in [4.69, 9.17) is 10.5 Å². The summed E-state index contributed by atoms with van der Waals surface area (Å²) >= 11 is 0. The molecule has 1 aliphatic heterocycles. The van der Waals surface area contributed by atoms with E-state index in [1.807, 2.05) is 0 Å². The van der Waals surface area contributed by atoms with Crippen LogP contribution in [0.2, 0.25) is 0 Å². The number of nitrogens with two attached hydrogens (primary N) is 1. The summed E-state index contributed by atoms with van der Waals surface area (Å²) in [6.45, 7) is 4.92. The van der Waals surface area contributed by atoms with E-state index in [2.05, 4.69) is 16.8 Å². The molecule has 1 heterocycles. The van der Waals surface area contributed by atoms with Gasteiger partial charge in [-0.1, -0.05) is 12.1 Å². The van der Waals surface area contributed by atoms with Crippen LogP contribution in [0.15, 0.2) is 24.3 Å². The molecule has 1 aromatic carbocycles. The summed E-state index contributed by atoms with van der Waals surface area (Å²) < 4.78 is 18.9. The molecular weight excluding hydrogens is 245 g/mol. The standard InChI is InChI=1S/C14H22FN3O/c1-17-6-7-18(12(10-16)11-17)8-9-19-14-5-3-2-4-13(14)15/h2-5,12H,6-11,16H2,1H3. The summed E-state index contributed by atoms with van der Waals surface area (Å²) in [4.78, 5) is 4.60. The van der Waals surface area contributed by atoms with Crippen molar-refractivity contribution in [2.45, 2.75) is 6.04 Å². The molecule has 1 aliphatic rings.